The van der Waals surface area contributed by atoms with Crippen molar-refractivity contribution in [3.63, 3.8) is 0 Å². The van der Waals surface area contributed by atoms with Crippen LogP contribution in [0.15, 0.2) is 48.5 Å². The van der Waals surface area contributed by atoms with Crippen molar-refractivity contribution in [2.75, 3.05) is 11.9 Å². The molecular weight excluding hydrogens is 440 g/mol. The minimum Gasteiger partial charge on any atom is -0.334 e. The normalized spacial score (nSPS) is 17.9. The second-order valence-electron chi connectivity index (χ2n) is 7.43. The second-order valence-corrected chi connectivity index (χ2v) is 7.43. The zero-order valence-electron chi connectivity index (χ0n) is 16.7. The first-order valence-corrected chi connectivity index (χ1v) is 9.56. The van der Waals surface area contributed by atoms with E-state index in [9.17, 15) is 35.9 Å². The zero-order valence-corrected chi connectivity index (χ0v) is 16.7. The number of likely N-dealkylation sites (tertiary alicyclic amines) is 1. The quantitative estimate of drug-likeness (QED) is 0.617. The van der Waals surface area contributed by atoms with Gasteiger partial charge in [0.05, 0.1) is 23.2 Å². The van der Waals surface area contributed by atoms with Gasteiger partial charge in [-0.2, -0.15) is 26.3 Å². The molecule has 0 aromatic heterocycles. The van der Waals surface area contributed by atoms with E-state index in [0.717, 1.165) is 5.56 Å². The van der Waals surface area contributed by atoms with Crippen molar-refractivity contribution in [1.82, 2.24) is 10.2 Å². The molecule has 2 aromatic carbocycles. The number of carbonyl (C=O) groups is 2. The Morgan fingerprint density at radius 1 is 1.00 bits per heavy atom. The zero-order chi connectivity index (χ0) is 23.7. The van der Waals surface area contributed by atoms with Gasteiger partial charge in [-0.3, -0.25) is 4.79 Å². The van der Waals surface area contributed by atoms with Crippen LogP contribution in [0.3, 0.4) is 0 Å². The number of benzene rings is 2. The molecule has 2 N–H and O–H groups in total. The molecule has 0 saturated carbocycles. The highest BCUT2D eigenvalue weighted by atomic mass is 19.4. The highest BCUT2D eigenvalue weighted by Gasteiger charge is 2.37. The third kappa shape index (κ3) is 5.51. The summed E-state index contributed by atoms with van der Waals surface area (Å²) in [5.74, 6) is -0.231. The Hall–Kier alpha value is -3.24. The van der Waals surface area contributed by atoms with E-state index in [1.807, 2.05) is 42.6 Å². The number of amides is 3. The third-order valence-corrected chi connectivity index (χ3v) is 5.09. The highest BCUT2D eigenvalue weighted by molar-refractivity contribution is 5.90. The molecule has 5 nitrogen and oxygen atoms in total. The van der Waals surface area contributed by atoms with Gasteiger partial charge in [-0.25, -0.2) is 4.79 Å². The van der Waals surface area contributed by atoms with Crippen LogP contribution in [0.25, 0.3) is 0 Å². The third-order valence-electron chi connectivity index (χ3n) is 5.09. The molecule has 1 aliphatic heterocycles. The lowest BCUT2D eigenvalue weighted by Gasteiger charge is -2.25. The van der Waals surface area contributed by atoms with Crippen molar-refractivity contribution < 1.29 is 35.9 Å². The molecule has 1 heterocycles. The van der Waals surface area contributed by atoms with Crippen LogP contribution >= 0.6 is 0 Å². The number of hydrogen-bond acceptors (Lipinski definition) is 2. The van der Waals surface area contributed by atoms with Crippen molar-refractivity contribution in [2.45, 2.75) is 37.8 Å². The van der Waals surface area contributed by atoms with E-state index in [4.69, 9.17) is 0 Å². The summed E-state index contributed by atoms with van der Waals surface area (Å²) in [6, 6.07) is 8.03. The lowest BCUT2D eigenvalue weighted by Crippen LogP contribution is -2.40. The Morgan fingerprint density at radius 2 is 1.56 bits per heavy atom. The van der Waals surface area contributed by atoms with Gasteiger partial charge in [0.15, 0.2) is 0 Å². The lowest BCUT2D eigenvalue weighted by atomic mass is 10.1. The minimum atomic E-state index is -5.03. The van der Waals surface area contributed by atoms with Gasteiger partial charge < -0.3 is 15.5 Å². The van der Waals surface area contributed by atoms with Crippen molar-refractivity contribution >= 4 is 17.6 Å². The Labute approximate surface area is 179 Å². The smallest absolute Gasteiger partial charge is 0.334 e. The van der Waals surface area contributed by atoms with Crippen LogP contribution < -0.4 is 10.6 Å². The predicted octanol–water partition coefficient (Wildman–Crippen LogP) is 5.21. The Morgan fingerprint density at radius 3 is 2.09 bits per heavy atom. The van der Waals surface area contributed by atoms with Gasteiger partial charge in [-0.05, 0) is 30.7 Å². The molecule has 32 heavy (non-hydrogen) atoms. The summed E-state index contributed by atoms with van der Waals surface area (Å²) in [5, 5.41) is 4.44. The van der Waals surface area contributed by atoms with Crippen LogP contribution in [0.1, 0.15) is 36.1 Å². The van der Waals surface area contributed by atoms with Crippen LogP contribution in [-0.4, -0.2) is 29.4 Å². The van der Waals surface area contributed by atoms with Crippen molar-refractivity contribution in [1.29, 1.82) is 0 Å². The van der Waals surface area contributed by atoms with Crippen LogP contribution in [0, 0.1) is 0 Å². The summed E-state index contributed by atoms with van der Waals surface area (Å²) in [5.41, 5.74) is -2.86. The largest absolute Gasteiger partial charge is 0.416 e. The van der Waals surface area contributed by atoms with E-state index in [1.54, 1.807) is 4.90 Å². The van der Waals surface area contributed by atoms with Gasteiger partial charge in [-0.1, -0.05) is 30.3 Å². The molecule has 0 bridgehead atoms. The molecular formula is C21H19F6N3O2. The molecule has 0 radical (unpaired) electrons. The van der Waals surface area contributed by atoms with Crippen molar-refractivity contribution in [2.24, 2.45) is 0 Å². The van der Waals surface area contributed by atoms with Crippen molar-refractivity contribution in [3.8, 4) is 0 Å². The van der Waals surface area contributed by atoms with Crippen LogP contribution in [0.5, 0.6) is 0 Å². The maximum absolute atomic E-state index is 13.0. The average molecular weight is 459 g/mol. The van der Waals surface area contributed by atoms with E-state index in [0.29, 0.717) is 12.1 Å². The number of carbonyl (C=O) groups excluding carboxylic acids is 2. The number of anilines is 1. The summed E-state index contributed by atoms with van der Waals surface area (Å²) in [7, 11) is 0. The molecule has 1 aliphatic rings. The molecule has 1 saturated heterocycles. The first-order chi connectivity index (χ1) is 14.8. The first-order valence-electron chi connectivity index (χ1n) is 9.56. The first kappa shape index (κ1) is 23.4. The maximum Gasteiger partial charge on any atom is 0.416 e. The number of nitrogens with zero attached hydrogens (tertiary/aromatic N) is 1. The van der Waals surface area contributed by atoms with Crippen LogP contribution in [0.4, 0.5) is 36.8 Å². The molecule has 0 spiro atoms. The number of nitrogens with one attached hydrogen (secondary N) is 2. The second kappa shape index (κ2) is 8.71. The minimum absolute atomic E-state index is 0.0262. The van der Waals surface area contributed by atoms with Gasteiger partial charge in [0.25, 0.3) is 0 Å². The van der Waals surface area contributed by atoms with E-state index in [-0.39, 0.29) is 31.0 Å². The van der Waals surface area contributed by atoms with Crippen LogP contribution in [0.2, 0.25) is 0 Å². The predicted molar refractivity (Wildman–Crippen MR) is 104 cm³/mol. The monoisotopic (exact) mass is 459 g/mol. The summed E-state index contributed by atoms with van der Waals surface area (Å²) in [6.45, 7) is 1.97. The topological polar surface area (TPSA) is 61.4 Å². The van der Waals surface area contributed by atoms with E-state index in [2.05, 4.69) is 5.32 Å². The average Bonchev–Trinajstić information content (AvgIpc) is 3.06. The van der Waals surface area contributed by atoms with Gasteiger partial charge >= 0.3 is 18.4 Å². The molecule has 0 aliphatic carbocycles. The summed E-state index contributed by atoms with van der Waals surface area (Å²) >= 11 is 0. The van der Waals surface area contributed by atoms with Gasteiger partial charge in [0.1, 0.15) is 0 Å². The Balaban J connectivity index is 1.69. The fourth-order valence-corrected chi connectivity index (χ4v) is 3.49. The standard InChI is InChI=1S/C21H19F6N3O2/c1-12(13-5-3-2-4-6-13)30-11-17(10-18(30)31)29-19(32)28-16-8-14(20(22,23)24)7-15(9-16)21(25,26)27/h2-9,12,17H,10-11H2,1H3,(H2,28,29,32). The van der Waals surface area contributed by atoms with Gasteiger partial charge in [0.2, 0.25) is 5.91 Å². The van der Waals surface area contributed by atoms with E-state index >= 15 is 0 Å². The number of alkyl halides is 6. The lowest BCUT2D eigenvalue weighted by molar-refractivity contribution is -0.143. The molecule has 11 heteroatoms. The molecule has 172 valence electrons. The summed E-state index contributed by atoms with van der Waals surface area (Å²) in [4.78, 5) is 26.1. The highest BCUT2D eigenvalue weighted by Crippen LogP contribution is 2.37. The number of urea groups is 1. The van der Waals surface area contributed by atoms with Gasteiger partial charge in [-0.15, -0.1) is 0 Å². The molecule has 2 unspecified atom stereocenters. The molecule has 2 aromatic rings. The van der Waals surface area contributed by atoms with Crippen molar-refractivity contribution in [3.05, 3.63) is 65.2 Å². The number of rotatable bonds is 4. The Bertz CT molecular complexity index is 959. The molecule has 1 fully saturated rings. The van der Waals surface area contributed by atoms with Crippen LogP contribution in [-0.2, 0) is 17.1 Å². The molecule has 3 rings (SSSR count). The van der Waals surface area contributed by atoms with E-state index < -0.39 is 41.2 Å². The number of halogens is 6. The van der Waals surface area contributed by atoms with E-state index in [1.165, 1.54) is 0 Å². The SMILES string of the molecule is CC(c1ccccc1)N1CC(NC(=O)Nc2cc(C(F)(F)F)cc(C(F)(F)F)c2)CC1=O. The summed E-state index contributed by atoms with van der Waals surface area (Å²) in [6.07, 6.45) is -10.1. The Kier molecular flexibility index (Phi) is 6.38. The fraction of sp³-hybridized carbons (Fsp3) is 0.333. The number of hydrogen-bond donors (Lipinski definition) is 2. The maximum atomic E-state index is 13.0. The molecule has 3 amide bonds. The van der Waals surface area contributed by atoms with Gasteiger partial charge in [0, 0.05) is 18.7 Å². The summed E-state index contributed by atoms with van der Waals surface area (Å²) < 4.78 is 77.8. The fourth-order valence-electron chi connectivity index (χ4n) is 3.49. The molecule has 2 atom stereocenters.